The van der Waals surface area contributed by atoms with E-state index in [0.29, 0.717) is 29.6 Å². The molecule has 3 saturated heterocycles. The van der Waals surface area contributed by atoms with Crippen LogP contribution in [0.1, 0.15) is 69.6 Å². The summed E-state index contributed by atoms with van der Waals surface area (Å²) in [7, 11) is -4.08. The number of alkyl carbamates (subject to hydrolysis) is 1. The number of aromatic nitrogens is 2. The molecular formula is C41H56N6O8S3. The molecule has 3 fully saturated rings. The highest BCUT2D eigenvalue weighted by molar-refractivity contribution is 7.89. The summed E-state index contributed by atoms with van der Waals surface area (Å²) in [6, 6.07) is 11.6. The third kappa shape index (κ3) is 10.1. The van der Waals surface area contributed by atoms with Crippen molar-refractivity contribution >= 4 is 54.1 Å². The van der Waals surface area contributed by atoms with Crippen molar-refractivity contribution in [1.29, 1.82) is 0 Å². The lowest BCUT2D eigenvalue weighted by atomic mass is 9.80. The van der Waals surface area contributed by atoms with Crippen molar-refractivity contribution in [2.75, 3.05) is 38.2 Å². The average molecular weight is 857 g/mol. The number of carbonyl (C=O) groups is 1. The Hall–Kier alpha value is -3.42. The maximum absolute atomic E-state index is 14.4. The van der Waals surface area contributed by atoms with Crippen LogP contribution in [-0.2, 0) is 37.3 Å². The number of thiazole rings is 2. The van der Waals surface area contributed by atoms with Gasteiger partial charge >= 0.3 is 6.09 Å². The van der Waals surface area contributed by atoms with E-state index >= 15 is 0 Å². The molecule has 1 amide bonds. The smallest absolute Gasteiger partial charge is 0.407 e. The predicted octanol–water partition coefficient (Wildman–Crippen LogP) is 6.08. The summed E-state index contributed by atoms with van der Waals surface area (Å²) < 4.78 is 54.9. The molecule has 6 atom stereocenters. The second-order valence-corrected chi connectivity index (χ2v) is 20.4. The van der Waals surface area contributed by atoms with Crippen LogP contribution in [0.3, 0.4) is 0 Å². The summed E-state index contributed by atoms with van der Waals surface area (Å²) in [4.78, 5) is 23.0. The summed E-state index contributed by atoms with van der Waals surface area (Å²) in [6.07, 6.45) is 1.27. The molecule has 4 aromatic rings. The normalized spacial score (nSPS) is 23.4. The topological polar surface area (TPSA) is 173 Å². The zero-order chi connectivity index (χ0) is 41.0. The van der Waals surface area contributed by atoms with Crippen molar-refractivity contribution in [2.24, 2.45) is 11.8 Å². The number of nitrogens with zero attached hydrogens (tertiary/aromatic N) is 3. The monoisotopic (exact) mass is 856 g/mol. The summed E-state index contributed by atoms with van der Waals surface area (Å²) in [5, 5.41) is 25.6. The SMILES string of the molecule is Cc1nc(COc2ccc(C[C@H](NC(=O)O[C@H]3CO[C@H]4OC[C@@]5(CCCCCN5)[C@H]43)[C@H](O)CN(CC(C)C)S(=O)(=O)c3ccc4nc(NC(C)C)sc4c3)cc2)cs1. The van der Waals surface area contributed by atoms with Crippen LogP contribution in [0.15, 0.2) is 52.7 Å². The first-order valence-corrected chi connectivity index (χ1v) is 23.3. The van der Waals surface area contributed by atoms with Crippen molar-refractivity contribution in [1.82, 2.24) is 24.9 Å². The number of sulfonamides is 1. The lowest BCUT2D eigenvalue weighted by Crippen LogP contribution is -2.56. The quantitative estimate of drug-likeness (QED) is 0.103. The summed E-state index contributed by atoms with van der Waals surface area (Å²) in [5.74, 6) is 0.413. The molecule has 58 heavy (non-hydrogen) atoms. The van der Waals surface area contributed by atoms with E-state index in [1.807, 2.05) is 64.3 Å². The second-order valence-electron chi connectivity index (χ2n) is 16.4. The largest absolute Gasteiger partial charge is 0.487 e. The molecule has 0 radical (unpaired) electrons. The van der Waals surface area contributed by atoms with E-state index in [1.54, 1.807) is 29.5 Å². The number of aliphatic hydroxyl groups excluding tert-OH is 1. The fourth-order valence-electron chi connectivity index (χ4n) is 8.10. The van der Waals surface area contributed by atoms with Crippen LogP contribution >= 0.6 is 22.7 Å². The third-order valence-corrected chi connectivity index (χ3v) is 14.5. The molecule has 17 heteroatoms. The zero-order valence-corrected chi connectivity index (χ0v) is 36.3. The minimum atomic E-state index is -4.08. The van der Waals surface area contributed by atoms with Crippen LogP contribution in [0.25, 0.3) is 10.2 Å². The van der Waals surface area contributed by atoms with Crippen LogP contribution in [0, 0.1) is 18.8 Å². The maximum Gasteiger partial charge on any atom is 0.407 e. The molecule has 7 rings (SSSR count). The van der Waals surface area contributed by atoms with Gasteiger partial charge in [0.1, 0.15) is 18.5 Å². The number of nitrogens with one attached hydrogen (secondary N) is 3. The molecule has 2 aromatic carbocycles. The number of ether oxygens (including phenoxy) is 4. The first-order valence-electron chi connectivity index (χ1n) is 20.2. The van der Waals surface area contributed by atoms with Crippen molar-refractivity contribution in [3.8, 4) is 5.75 Å². The van der Waals surface area contributed by atoms with E-state index in [9.17, 15) is 18.3 Å². The molecule has 5 heterocycles. The molecule has 3 aliphatic rings. The number of aliphatic hydroxyl groups is 1. The number of fused-ring (bicyclic) bond motifs is 3. The first-order chi connectivity index (χ1) is 27.8. The standard InChI is InChI=1S/C41H56N6O8S3/c1-25(2)19-47(58(50,51)31-13-14-32-36(18-31)57-39(45-32)43-26(3)4)20-34(48)33(17-28-9-11-30(12-10-28)52-21-29-23-56-27(5)44-29)46-40(49)55-35-22-53-38-37(35)41(24-54-38)15-7-6-8-16-42-41/h9-14,18,23,25-26,33-35,37-38,42,48H,6-8,15-17,19-22,24H2,1-5H3,(H,43,45)(H,46,49)/t33-,34+,35-,37-,38-,41-/m0/s1. The summed E-state index contributed by atoms with van der Waals surface area (Å²) in [5.41, 5.74) is 2.01. The number of rotatable bonds is 16. The predicted molar refractivity (Wildman–Crippen MR) is 225 cm³/mol. The molecular weight excluding hydrogens is 801 g/mol. The Morgan fingerprint density at radius 2 is 1.90 bits per heavy atom. The van der Waals surface area contributed by atoms with Crippen molar-refractivity contribution in [2.45, 2.75) is 114 Å². The van der Waals surface area contributed by atoms with E-state index in [0.717, 1.165) is 53.2 Å². The number of hydrogen-bond acceptors (Lipinski definition) is 14. The molecule has 0 bridgehead atoms. The van der Waals surface area contributed by atoms with Gasteiger partial charge in [-0.15, -0.1) is 11.3 Å². The minimum absolute atomic E-state index is 0.0538. The number of aryl methyl sites for hydroxylation is 1. The first kappa shape index (κ1) is 42.7. The lowest BCUT2D eigenvalue weighted by molar-refractivity contribution is -0.0910. The third-order valence-electron chi connectivity index (χ3n) is 10.9. The van der Waals surface area contributed by atoms with Gasteiger partial charge in [-0.2, -0.15) is 4.31 Å². The number of carbonyl (C=O) groups excluding carboxylic acids is 1. The van der Waals surface area contributed by atoms with Crippen LogP contribution in [0.2, 0.25) is 0 Å². The van der Waals surface area contributed by atoms with Gasteiger partial charge < -0.3 is 40.0 Å². The fourth-order valence-corrected chi connectivity index (χ4v) is 11.5. The van der Waals surface area contributed by atoms with Crippen LogP contribution in [-0.4, -0.2) is 103 Å². The lowest BCUT2D eigenvalue weighted by Gasteiger charge is -2.35. The highest BCUT2D eigenvalue weighted by Crippen LogP contribution is 2.44. The van der Waals surface area contributed by atoms with Crippen molar-refractivity contribution < 1.29 is 37.3 Å². The summed E-state index contributed by atoms with van der Waals surface area (Å²) in [6.45, 7) is 11.6. The van der Waals surface area contributed by atoms with Crippen LogP contribution < -0.4 is 20.7 Å². The number of hydrogen-bond donors (Lipinski definition) is 4. The van der Waals surface area contributed by atoms with Crippen LogP contribution in [0.5, 0.6) is 5.75 Å². The van der Waals surface area contributed by atoms with Gasteiger partial charge in [0.25, 0.3) is 0 Å². The van der Waals surface area contributed by atoms with Gasteiger partial charge in [-0.3, -0.25) is 0 Å². The highest BCUT2D eigenvalue weighted by atomic mass is 32.2. The van der Waals surface area contributed by atoms with E-state index in [-0.39, 0.29) is 54.4 Å². The van der Waals surface area contributed by atoms with Crippen molar-refractivity contribution in [3.63, 3.8) is 0 Å². The fraction of sp³-hybridized carbons (Fsp3) is 0.585. The molecule has 0 unspecified atom stereocenters. The van der Waals surface area contributed by atoms with E-state index in [1.165, 1.54) is 15.6 Å². The van der Waals surface area contributed by atoms with Gasteiger partial charge in [-0.1, -0.05) is 50.2 Å². The number of benzene rings is 2. The van der Waals surface area contributed by atoms with Gasteiger partial charge in [0, 0.05) is 24.5 Å². The summed E-state index contributed by atoms with van der Waals surface area (Å²) >= 11 is 2.96. The van der Waals surface area contributed by atoms with Crippen molar-refractivity contribution in [3.05, 3.63) is 64.1 Å². The van der Waals surface area contributed by atoms with E-state index in [4.69, 9.17) is 18.9 Å². The van der Waals surface area contributed by atoms with Gasteiger partial charge in [-0.05, 0) is 88.4 Å². The molecule has 14 nitrogen and oxygen atoms in total. The Morgan fingerprint density at radius 3 is 2.64 bits per heavy atom. The Bertz CT molecular complexity index is 2100. The zero-order valence-electron chi connectivity index (χ0n) is 33.8. The van der Waals surface area contributed by atoms with Gasteiger partial charge in [0.2, 0.25) is 10.0 Å². The Kier molecular flexibility index (Phi) is 13.6. The van der Waals surface area contributed by atoms with Crippen LogP contribution in [0.4, 0.5) is 9.93 Å². The maximum atomic E-state index is 14.4. The van der Waals surface area contributed by atoms with E-state index in [2.05, 4.69) is 25.9 Å². The molecule has 2 aromatic heterocycles. The number of amides is 1. The number of anilines is 1. The molecule has 0 saturated carbocycles. The Morgan fingerprint density at radius 1 is 1.09 bits per heavy atom. The molecule has 1 spiro atoms. The van der Waals surface area contributed by atoms with Gasteiger partial charge in [0.15, 0.2) is 11.4 Å². The average Bonchev–Trinajstić information content (AvgIpc) is 3.93. The second kappa shape index (κ2) is 18.5. The molecule has 3 aliphatic heterocycles. The van der Waals surface area contributed by atoms with Gasteiger partial charge in [-0.25, -0.2) is 23.2 Å². The van der Waals surface area contributed by atoms with E-state index < -0.39 is 40.7 Å². The minimum Gasteiger partial charge on any atom is -0.487 e. The molecule has 316 valence electrons. The Balaban J connectivity index is 1.10. The highest BCUT2D eigenvalue weighted by Gasteiger charge is 2.58. The Labute approximate surface area is 349 Å². The van der Waals surface area contributed by atoms with Gasteiger partial charge in [0.05, 0.1) is 62.6 Å². The molecule has 0 aliphatic carbocycles. The molecule has 4 N–H and O–H groups in total.